The molecule has 4 nitrogen and oxygen atoms in total. The molecular weight excluding hydrogens is 1370 g/mol. The predicted molar refractivity (Wildman–Crippen MR) is 487 cm³/mol. The minimum atomic E-state index is -0.449. The summed E-state index contributed by atoms with van der Waals surface area (Å²) in [4.78, 5) is 0. The normalized spacial score (nSPS) is 13.3. The predicted octanol–water partition coefficient (Wildman–Crippen LogP) is 23.5. The first-order valence-electron chi connectivity index (χ1n) is 40.6. The number of fused-ring (bicyclic) bond motifs is 24. The molecule has 8 heterocycles. The summed E-state index contributed by atoms with van der Waals surface area (Å²) < 4.78 is 10.2. The number of para-hydroxylation sites is 8. The van der Waals surface area contributed by atoms with Gasteiger partial charge in [0.25, 0.3) is 0 Å². The van der Waals surface area contributed by atoms with Crippen molar-refractivity contribution in [3.05, 3.63) is 350 Å². The Morgan fingerprint density at radius 1 is 0.228 bits per heavy atom. The molecule has 0 aliphatic carbocycles. The lowest BCUT2D eigenvalue weighted by molar-refractivity contribution is 0.524. The van der Waals surface area contributed by atoms with E-state index in [9.17, 15) is 0 Å². The van der Waals surface area contributed by atoms with Crippen LogP contribution in [0.3, 0.4) is 0 Å². The average molecular weight is 1450 g/mol. The largest absolute Gasteiger partial charge is 0.309 e. The van der Waals surface area contributed by atoms with Gasteiger partial charge >= 0.3 is 0 Å². The quantitative estimate of drug-likeness (QED) is 0.142. The summed E-state index contributed by atoms with van der Waals surface area (Å²) in [5.74, 6) is 0. The zero-order valence-corrected chi connectivity index (χ0v) is 63.9. The molecule has 4 aliphatic heterocycles. The third-order valence-electron chi connectivity index (χ3n) is 27.2. The Bertz CT molecular complexity index is 7900. The molecule has 26 rings (SSSR count). The van der Waals surface area contributed by atoms with Crippen LogP contribution in [0.15, 0.2) is 334 Å². The van der Waals surface area contributed by atoms with E-state index in [2.05, 4.69) is 387 Å². The lowest BCUT2D eigenvalue weighted by Crippen LogP contribution is -2.58. The molecule has 0 saturated carbocycles. The van der Waals surface area contributed by atoms with Crippen LogP contribution in [0.1, 0.15) is 51.3 Å². The maximum atomic E-state index is 2.69. The van der Waals surface area contributed by atoms with Crippen LogP contribution in [0.4, 0.5) is 0 Å². The summed E-state index contributed by atoms with van der Waals surface area (Å²) in [6.07, 6.45) is 0.780. The van der Waals surface area contributed by atoms with Crippen LogP contribution in [0.2, 0.25) is 0 Å². The highest BCUT2D eigenvalue weighted by Gasteiger charge is 2.45. The van der Waals surface area contributed by atoms with Gasteiger partial charge in [-0.2, -0.15) is 0 Å². The van der Waals surface area contributed by atoms with E-state index in [1.165, 1.54) is 224 Å². The maximum Gasteiger partial charge on any atom is 0.244 e. The number of rotatable bonds is 7. The van der Waals surface area contributed by atoms with Gasteiger partial charge in [-0.3, -0.25) is 0 Å². The Balaban J connectivity index is 0.777. The Kier molecular flexibility index (Phi) is 12.4. The Morgan fingerprint density at radius 2 is 0.570 bits per heavy atom. The van der Waals surface area contributed by atoms with Gasteiger partial charge in [-0.1, -0.05) is 310 Å². The van der Waals surface area contributed by atoms with Crippen LogP contribution < -0.4 is 32.8 Å². The zero-order valence-electron chi connectivity index (χ0n) is 63.9. The van der Waals surface area contributed by atoms with Crippen LogP contribution in [-0.2, 0) is 17.3 Å². The van der Waals surface area contributed by atoms with Crippen molar-refractivity contribution < 1.29 is 0 Å². The summed E-state index contributed by atoms with van der Waals surface area (Å²) in [5, 5.41) is 20.8. The Morgan fingerprint density at radius 3 is 1.03 bits per heavy atom. The second-order valence-corrected chi connectivity index (χ2v) is 34.5. The zero-order chi connectivity index (χ0) is 75.0. The fraction of sp³-hybridized carbons (Fsp3) is 0.0741. The topological polar surface area (TPSA) is 19.7 Å². The molecule has 0 saturated heterocycles. The van der Waals surface area contributed by atoms with Crippen LogP contribution >= 0.6 is 0 Å². The molecule has 4 aromatic heterocycles. The maximum absolute atomic E-state index is 2.69. The Hall–Kier alpha value is -13.7. The van der Waals surface area contributed by atoms with E-state index in [1.54, 1.807) is 0 Å². The molecule has 0 spiro atoms. The molecule has 0 radical (unpaired) electrons. The summed E-state index contributed by atoms with van der Waals surface area (Å²) in [6.45, 7) is 12.2. The van der Waals surface area contributed by atoms with Crippen molar-refractivity contribution in [3.63, 3.8) is 0 Å². The first kappa shape index (κ1) is 63.0. The molecule has 0 unspecified atom stereocenters. The van der Waals surface area contributed by atoms with Crippen LogP contribution in [-0.4, -0.2) is 31.7 Å². The standard InChI is InChI=1S/C108H72B2N4/c1-107(2,3)63-53-81-79-59-94-99(71-39-20-24-49-92(71)111(94)65-29-10-6-11-30-65)73-41-26-46-89(96(73)79)110-102-62(51-52-74-100-72-40-21-25-50-93(72)112(66-31-12-7-13-32-66)95(100)60-80(101(74)102)82(54-63)104(81)110)61-108(4,5)64-55-83-77-57-85-69-37-18-22-47-90(69)113(67-33-14-8-15-34-67)105(85)75-42-27-44-87(97(75)77)109-88-45-28-43-76-98(88)78(84(56-64)103(83)109)58-86-70-38-19-23-48-91(70)114(106(76)86)68-35-16-9-17-36-68/h6-60H,61H2,1-5H3. The number of hydrogen-bond acceptors (Lipinski definition) is 0. The summed E-state index contributed by atoms with van der Waals surface area (Å²) >= 11 is 0. The van der Waals surface area contributed by atoms with Gasteiger partial charge in [-0.05, 0) is 202 Å². The van der Waals surface area contributed by atoms with Gasteiger partial charge in [0, 0.05) is 76.6 Å². The van der Waals surface area contributed by atoms with Crippen LogP contribution in [0.25, 0.3) is 198 Å². The van der Waals surface area contributed by atoms with Gasteiger partial charge in [0.05, 0.1) is 44.1 Å². The Labute approximate surface area is 659 Å². The van der Waals surface area contributed by atoms with Gasteiger partial charge in [0.15, 0.2) is 0 Å². The van der Waals surface area contributed by atoms with E-state index in [-0.39, 0.29) is 18.8 Å². The fourth-order valence-corrected chi connectivity index (χ4v) is 22.6. The second kappa shape index (κ2) is 22.3. The van der Waals surface area contributed by atoms with Crippen molar-refractivity contribution in [2.24, 2.45) is 0 Å². The lowest BCUT2D eigenvalue weighted by atomic mass is 9.30. The molecule has 530 valence electrons. The summed E-state index contributed by atoms with van der Waals surface area (Å²) in [7, 11) is 0. The second-order valence-electron chi connectivity index (χ2n) is 34.5. The number of aromatic nitrogens is 4. The van der Waals surface area contributed by atoms with Crippen molar-refractivity contribution in [3.8, 4) is 67.3 Å². The SMILES string of the molecule is CC(C)(C)c1cc2c3c(c1)-c1cc4c(c5ccc(CC(C)(C)c6cc7c8c(c6)-c6cc9c%10ccccc%10n(-c%10ccccc%10)c9c9cccc(c69)B8c6cccc8c6c-7cc6c7ccccc7n(-c7ccccc7)c86)c(c15)B3c1cccc3c1c-2cc1c3c2ccccc2n1-c1ccccc1)c1ccccc1n4-c1ccccc1. The molecule has 22 aromatic rings. The summed E-state index contributed by atoms with van der Waals surface area (Å²) in [5.41, 5.74) is 36.8. The number of benzene rings is 18. The first-order chi connectivity index (χ1) is 56.0. The van der Waals surface area contributed by atoms with Crippen molar-refractivity contribution >= 4 is 177 Å². The molecule has 0 fully saturated rings. The molecule has 114 heavy (non-hydrogen) atoms. The van der Waals surface area contributed by atoms with Crippen molar-refractivity contribution in [2.45, 2.75) is 51.9 Å². The molecule has 18 aromatic carbocycles. The van der Waals surface area contributed by atoms with E-state index in [0.717, 1.165) is 29.2 Å². The lowest BCUT2D eigenvalue weighted by Gasteiger charge is -2.39. The average Bonchev–Trinajstić information content (AvgIpc) is 0.821. The highest BCUT2D eigenvalue weighted by molar-refractivity contribution is 7.02. The van der Waals surface area contributed by atoms with Crippen LogP contribution in [0.5, 0.6) is 0 Å². The van der Waals surface area contributed by atoms with Crippen molar-refractivity contribution in [2.75, 3.05) is 0 Å². The highest BCUT2D eigenvalue weighted by Crippen LogP contribution is 2.53. The van der Waals surface area contributed by atoms with E-state index in [0.29, 0.717) is 0 Å². The van der Waals surface area contributed by atoms with Gasteiger partial charge in [0.1, 0.15) is 0 Å². The first-order valence-corrected chi connectivity index (χ1v) is 40.6. The molecule has 6 heteroatoms. The molecule has 4 aliphatic rings. The van der Waals surface area contributed by atoms with Gasteiger partial charge in [-0.25, -0.2) is 0 Å². The van der Waals surface area contributed by atoms with Gasteiger partial charge in [-0.15, -0.1) is 0 Å². The van der Waals surface area contributed by atoms with Crippen LogP contribution in [0, 0.1) is 0 Å². The van der Waals surface area contributed by atoms with Crippen molar-refractivity contribution in [1.29, 1.82) is 0 Å². The van der Waals surface area contributed by atoms with E-state index in [1.807, 2.05) is 0 Å². The fourth-order valence-electron chi connectivity index (χ4n) is 22.6. The number of nitrogens with zero attached hydrogens (tertiary/aromatic N) is 4. The van der Waals surface area contributed by atoms with E-state index in [4.69, 9.17) is 0 Å². The smallest absolute Gasteiger partial charge is 0.244 e. The van der Waals surface area contributed by atoms with Gasteiger partial charge in [0.2, 0.25) is 13.4 Å². The van der Waals surface area contributed by atoms with E-state index < -0.39 is 5.41 Å². The third kappa shape index (κ3) is 8.14. The number of hydrogen-bond donors (Lipinski definition) is 0. The van der Waals surface area contributed by atoms with Gasteiger partial charge < -0.3 is 18.3 Å². The molecule has 0 amide bonds. The molecule has 0 atom stereocenters. The minimum Gasteiger partial charge on any atom is -0.309 e. The van der Waals surface area contributed by atoms with Crippen molar-refractivity contribution in [1.82, 2.24) is 18.3 Å². The monoisotopic (exact) mass is 1450 g/mol. The molecule has 0 bridgehead atoms. The minimum absolute atomic E-state index is 0.0484. The summed E-state index contributed by atoms with van der Waals surface area (Å²) in [6, 6.07) is 129. The van der Waals surface area contributed by atoms with E-state index >= 15 is 0 Å². The third-order valence-corrected chi connectivity index (χ3v) is 27.2. The highest BCUT2D eigenvalue weighted by atomic mass is 15.0. The molecular formula is C108H72B2N4. The molecule has 0 N–H and O–H groups in total.